The van der Waals surface area contributed by atoms with Gasteiger partial charge in [-0.2, -0.15) is 0 Å². The SMILES string of the molecule is Cc1nc(C)c(C(=O)C2=C(O)C(=O)N(c3nnc(SCc4ccccc4)s3)C2c2ccccc2Cl)s1. The molecule has 1 atom stereocenters. The number of aliphatic hydroxyl groups is 1. The molecule has 3 heterocycles. The van der Waals surface area contributed by atoms with Gasteiger partial charge in [0.05, 0.1) is 27.2 Å². The Labute approximate surface area is 224 Å². The molecule has 0 bridgehead atoms. The van der Waals surface area contributed by atoms with Crippen molar-refractivity contribution in [3.8, 4) is 0 Å². The first kappa shape index (κ1) is 24.6. The molecule has 1 N–H and O–H groups in total. The van der Waals surface area contributed by atoms with E-state index >= 15 is 0 Å². The predicted octanol–water partition coefficient (Wildman–Crippen LogP) is 6.34. The van der Waals surface area contributed by atoms with Crippen molar-refractivity contribution in [2.24, 2.45) is 0 Å². The number of amides is 1. The van der Waals surface area contributed by atoms with Crippen LogP contribution in [0.3, 0.4) is 0 Å². The first-order valence-electron chi connectivity index (χ1n) is 10.8. The summed E-state index contributed by atoms with van der Waals surface area (Å²) in [5.41, 5.74) is 2.14. The summed E-state index contributed by atoms with van der Waals surface area (Å²) in [5.74, 6) is -1.12. The van der Waals surface area contributed by atoms with Crippen molar-refractivity contribution in [3.05, 3.63) is 97.7 Å². The summed E-state index contributed by atoms with van der Waals surface area (Å²) in [7, 11) is 0. The third-order valence-electron chi connectivity index (χ3n) is 5.57. The van der Waals surface area contributed by atoms with Gasteiger partial charge in [0.2, 0.25) is 10.9 Å². The van der Waals surface area contributed by atoms with Crippen molar-refractivity contribution in [3.63, 3.8) is 0 Å². The number of carbonyl (C=O) groups is 2. The summed E-state index contributed by atoms with van der Waals surface area (Å²) in [6, 6.07) is 15.9. The molecule has 36 heavy (non-hydrogen) atoms. The van der Waals surface area contributed by atoms with Crippen molar-refractivity contribution in [2.75, 3.05) is 4.90 Å². The average Bonchev–Trinajstić information content (AvgIpc) is 3.54. The molecule has 11 heteroatoms. The van der Waals surface area contributed by atoms with Crippen molar-refractivity contribution in [1.82, 2.24) is 15.2 Å². The molecule has 0 saturated carbocycles. The third-order valence-corrected chi connectivity index (χ3v) is 9.11. The Hall–Kier alpha value is -3.05. The van der Waals surface area contributed by atoms with Crippen molar-refractivity contribution < 1.29 is 14.7 Å². The van der Waals surface area contributed by atoms with Gasteiger partial charge in [0.25, 0.3) is 5.91 Å². The molecule has 5 rings (SSSR count). The Kier molecular flexibility index (Phi) is 6.94. The second-order valence-corrected chi connectivity index (χ2v) is 11.8. The molecule has 1 unspecified atom stereocenters. The van der Waals surface area contributed by atoms with Gasteiger partial charge >= 0.3 is 0 Å². The van der Waals surface area contributed by atoms with Crippen molar-refractivity contribution in [2.45, 2.75) is 30.0 Å². The van der Waals surface area contributed by atoms with E-state index in [0.29, 0.717) is 31.2 Å². The van der Waals surface area contributed by atoms with Gasteiger partial charge in [-0.05, 0) is 31.0 Å². The molecule has 0 aliphatic carbocycles. The molecule has 0 saturated heterocycles. The lowest BCUT2D eigenvalue weighted by Crippen LogP contribution is -2.31. The number of rotatable bonds is 7. The maximum atomic E-state index is 13.7. The van der Waals surface area contributed by atoms with Crippen molar-refractivity contribution >= 4 is 62.9 Å². The number of aliphatic hydroxyl groups excluding tert-OH is 1. The number of aromatic nitrogens is 3. The molecule has 182 valence electrons. The van der Waals surface area contributed by atoms with E-state index in [9.17, 15) is 14.7 Å². The van der Waals surface area contributed by atoms with Crippen LogP contribution in [0.25, 0.3) is 0 Å². The number of hydrogen-bond donors (Lipinski definition) is 1. The van der Waals surface area contributed by atoms with E-state index < -0.39 is 23.5 Å². The maximum Gasteiger partial charge on any atom is 0.296 e. The number of benzene rings is 2. The van der Waals surface area contributed by atoms with Gasteiger partial charge < -0.3 is 5.11 Å². The zero-order chi connectivity index (χ0) is 25.4. The van der Waals surface area contributed by atoms with Gasteiger partial charge in [-0.1, -0.05) is 83.2 Å². The number of thiazole rings is 1. The topological polar surface area (TPSA) is 96.3 Å². The summed E-state index contributed by atoms with van der Waals surface area (Å²) in [6.07, 6.45) is 0. The summed E-state index contributed by atoms with van der Waals surface area (Å²) in [5, 5.41) is 20.8. The molecule has 2 aromatic heterocycles. The summed E-state index contributed by atoms with van der Waals surface area (Å²) >= 11 is 10.5. The number of thioether (sulfide) groups is 1. The molecule has 7 nitrogen and oxygen atoms in total. The monoisotopic (exact) mass is 554 g/mol. The normalized spacial score (nSPS) is 15.7. The van der Waals surface area contributed by atoms with Gasteiger partial charge in [-0.3, -0.25) is 14.5 Å². The number of Topliss-reactive ketones (excluding diaryl/α,β-unsaturated/α-hetero) is 1. The van der Waals surface area contributed by atoms with Crippen LogP contribution in [0.4, 0.5) is 5.13 Å². The molecule has 0 fully saturated rings. The Morgan fingerprint density at radius 1 is 1.08 bits per heavy atom. The van der Waals surface area contributed by atoms with E-state index in [1.165, 1.54) is 39.3 Å². The van der Waals surface area contributed by atoms with E-state index in [1.54, 1.807) is 38.1 Å². The lowest BCUT2D eigenvalue weighted by atomic mass is 9.95. The van der Waals surface area contributed by atoms with Crippen LogP contribution in [0.2, 0.25) is 5.02 Å². The van der Waals surface area contributed by atoms with Gasteiger partial charge in [0.15, 0.2) is 10.1 Å². The zero-order valence-corrected chi connectivity index (χ0v) is 22.3. The predicted molar refractivity (Wildman–Crippen MR) is 143 cm³/mol. The number of hydrogen-bond acceptors (Lipinski definition) is 9. The van der Waals surface area contributed by atoms with Crippen LogP contribution in [0.5, 0.6) is 0 Å². The van der Waals surface area contributed by atoms with Crippen molar-refractivity contribution in [1.29, 1.82) is 0 Å². The molecule has 4 aromatic rings. The Morgan fingerprint density at radius 3 is 2.50 bits per heavy atom. The van der Waals surface area contributed by atoms with Crippen LogP contribution in [0.1, 0.15) is 37.5 Å². The number of carbonyl (C=O) groups excluding carboxylic acids is 2. The van der Waals surface area contributed by atoms with Crippen LogP contribution >= 0.6 is 46.0 Å². The smallest absolute Gasteiger partial charge is 0.296 e. The summed E-state index contributed by atoms with van der Waals surface area (Å²) in [4.78, 5) is 33.0. The van der Waals surface area contributed by atoms with E-state index in [4.69, 9.17) is 11.6 Å². The summed E-state index contributed by atoms with van der Waals surface area (Å²) < 4.78 is 0.660. The number of halogens is 1. The first-order chi connectivity index (χ1) is 17.3. The minimum atomic E-state index is -0.958. The van der Waals surface area contributed by atoms with Crippen LogP contribution in [0, 0.1) is 13.8 Å². The molecular weight excluding hydrogens is 536 g/mol. The molecule has 2 aromatic carbocycles. The minimum Gasteiger partial charge on any atom is -0.503 e. The van der Waals surface area contributed by atoms with Gasteiger partial charge in [-0.25, -0.2) is 4.98 Å². The second kappa shape index (κ2) is 10.1. The van der Waals surface area contributed by atoms with Crippen LogP contribution in [-0.2, 0) is 10.5 Å². The highest BCUT2D eigenvalue weighted by atomic mass is 35.5. The number of ketones is 1. The number of nitrogens with zero attached hydrogens (tertiary/aromatic N) is 4. The highest BCUT2D eigenvalue weighted by molar-refractivity contribution is 8.00. The van der Waals surface area contributed by atoms with E-state index in [2.05, 4.69) is 15.2 Å². The lowest BCUT2D eigenvalue weighted by molar-refractivity contribution is -0.117. The van der Waals surface area contributed by atoms with Crippen LogP contribution in [-0.4, -0.2) is 32.0 Å². The summed E-state index contributed by atoms with van der Waals surface area (Å²) in [6.45, 7) is 3.53. The number of anilines is 1. The fourth-order valence-corrected chi connectivity index (χ4v) is 6.90. The van der Waals surface area contributed by atoms with Gasteiger partial charge in [0, 0.05) is 10.8 Å². The third kappa shape index (κ3) is 4.57. The Morgan fingerprint density at radius 2 is 1.81 bits per heavy atom. The average molecular weight is 555 g/mol. The fraction of sp³-hybridized carbons (Fsp3) is 0.160. The number of aryl methyl sites for hydroxylation is 2. The van der Waals surface area contributed by atoms with E-state index in [-0.39, 0.29) is 10.7 Å². The molecule has 0 spiro atoms. The van der Waals surface area contributed by atoms with E-state index in [0.717, 1.165) is 10.6 Å². The minimum absolute atomic E-state index is 0.0476. The van der Waals surface area contributed by atoms with E-state index in [1.807, 2.05) is 30.3 Å². The Bertz CT molecular complexity index is 1500. The van der Waals surface area contributed by atoms with Crippen LogP contribution in [0.15, 0.2) is 70.3 Å². The molecule has 0 radical (unpaired) electrons. The van der Waals surface area contributed by atoms with Gasteiger partial charge in [0.1, 0.15) is 0 Å². The highest BCUT2D eigenvalue weighted by Gasteiger charge is 2.47. The molecule has 1 aliphatic heterocycles. The second-order valence-electron chi connectivity index (χ2n) is 7.96. The van der Waals surface area contributed by atoms with Gasteiger partial charge in [-0.15, -0.1) is 21.5 Å². The standard InChI is InChI=1S/C25H19ClN4O3S3/c1-13-22(35-14(2)27-13)20(31)18-19(16-10-6-7-11-17(16)26)30(23(33)21(18)32)24-28-29-25(36-24)34-12-15-8-4-3-5-9-15/h3-11,19,32H,12H2,1-2H3. The lowest BCUT2D eigenvalue weighted by Gasteiger charge is -2.24. The highest BCUT2D eigenvalue weighted by Crippen LogP contribution is 2.46. The maximum absolute atomic E-state index is 13.7. The molecule has 1 amide bonds. The molecular formula is C25H19ClN4O3S3. The fourth-order valence-electron chi connectivity index (χ4n) is 3.97. The van der Waals surface area contributed by atoms with Crippen LogP contribution < -0.4 is 4.90 Å². The first-order valence-corrected chi connectivity index (χ1v) is 13.8. The zero-order valence-electron chi connectivity index (χ0n) is 19.1. The molecule has 1 aliphatic rings. The largest absolute Gasteiger partial charge is 0.503 e. The quantitative estimate of drug-likeness (QED) is 0.162. The Balaban J connectivity index is 1.53.